The molecule has 1 fully saturated rings. The molecule has 4 aromatic rings. The number of carboxylic acids is 2. The van der Waals surface area contributed by atoms with Gasteiger partial charge in [0.05, 0.1) is 25.0 Å². The van der Waals surface area contributed by atoms with Crippen LogP contribution >= 0.6 is 11.6 Å². The third kappa shape index (κ3) is 6.06. The first kappa shape index (κ1) is 29.0. The standard InChI is InChI=1S/C30H28ClN5O6/c1-2-21-15-23(42-22(21)17-41-30(27(37)38,28(39)40)16-20-11-7-4-8-12-20)36-18-33-24-25(34-29(31)35-26(24)36)32-14-13-19-9-5-3-6-10-19/h1,3-12,18,21-23H,13-17H2,(H,37,38)(H,39,40)(H,32,34,35). The second-order valence-electron chi connectivity index (χ2n) is 9.88. The van der Waals surface area contributed by atoms with E-state index in [4.69, 9.17) is 27.5 Å². The molecule has 42 heavy (non-hydrogen) atoms. The number of carboxylic acid groups (broad SMARTS) is 2. The van der Waals surface area contributed by atoms with Crippen LogP contribution in [0.15, 0.2) is 67.0 Å². The number of hydrogen-bond acceptors (Lipinski definition) is 8. The highest BCUT2D eigenvalue weighted by molar-refractivity contribution is 6.28. The Morgan fingerprint density at radius 3 is 2.40 bits per heavy atom. The Kier molecular flexibility index (Phi) is 8.68. The molecular weight excluding hydrogens is 562 g/mol. The molecule has 216 valence electrons. The van der Waals surface area contributed by atoms with Gasteiger partial charge in [-0.3, -0.25) is 4.57 Å². The zero-order valence-corrected chi connectivity index (χ0v) is 23.1. The van der Waals surface area contributed by atoms with Crippen LogP contribution in [-0.2, 0) is 31.9 Å². The van der Waals surface area contributed by atoms with Crippen molar-refractivity contribution in [2.75, 3.05) is 18.5 Å². The van der Waals surface area contributed by atoms with Gasteiger partial charge in [-0.25, -0.2) is 14.6 Å². The van der Waals surface area contributed by atoms with Crippen LogP contribution < -0.4 is 5.32 Å². The van der Waals surface area contributed by atoms with Crippen LogP contribution in [0.1, 0.15) is 23.8 Å². The molecule has 0 saturated carbocycles. The second-order valence-corrected chi connectivity index (χ2v) is 10.2. The average molecular weight is 590 g/mol. The fourth-order valence-electron chi connectivity index (χ4n) is 4.95. The SMILES string of the molecule is C#CC1CC(n2cnc3c(NCCc4ccccc4)nc(Cl)nc32)OC1COC(Cc1ccccc1)(C(=O)O)C(=O)O. The maximum absolute atomic E-state index is 12.2. The van der Waals surface area contributed by atoms with E-state index in [0.29, 0.717) is 35.5 Å². The van der Waals surface area contributed by atoms with Crippen LogP contribution in [0.25, 0.3) is 11.2 Å². The van der Waals surface area contributed by atoms with Crippen molar-refractivity contribution in [3.8, 4) is 12.3 Å². The summed E-state index contributed by atoms with van der Waals surface area (Å²) in [5.74, 6) is -0.604. The quantitative estimate of drug-likeness (QED) is 0.126. The maximum Gasteiger partial charge on any atom is 0.348 e. The first-order chi connectivity index (χ1) is 20.3. The molecule has 0 radical (unpaired) electrons. The van der Waals surface area contributed by atoms with Crippen molar-refractivity contribution >= 4 is 40.5 Å². The molecule has 12 heteroatoms. The Balaban J connectivity index is 1.32. The molecule has 1 saturated heterocycles. The van der Waals surface area contributed by atoms with Crippen molar-refractivity contribution in [3.05, 3.63) is 83.4 Å². The number of benzene rings is 2. The van der Waals surface area contributed by atoms with E-state index in [9.17, 15) is 19.8 Å². The van der Waals surface area contributed by atoms with E-state index >= 15 is 0 Å². The van der Waals surface area contributed by atoms with Gasteiger partial charge in [0.2, 0.25) is 5.28 Å². The molecule has 5 rings (SSSR count). The van der Waals surface area contributed by atoms with Gasteiger partial charge in [-0.2, -0.15) is 9.97 Å². The van der Waals surface area contributed by atoms with Gasteiger partial charge < -0.3 is 25.0 Å². The molecule has 1 aliphatic rings. The average Bonchev–Trinajstić information content (AvgIpc) is 3.60. The number of carbonyl (C=O) groups is 2. The third-order valence-electron chi connectivity index (χ3n) is 7.18. The lowest BCUT2D eigenvalue weighted by molar-refractivity contribution is -0.188. The Morgan fingerprint density at radius 1 is 1.10 bits per heavy atom. The minimum absolute atomic E-state index is 0.0199. The highest BCUT2D eigenvalue weighted by Crippen LogP contribution is 2.36. The summed E-state index contributed by atoms with van der Waals surface area (Å²) in [7, 11) is 0. The summed E-state index contributed by atoms with van der Waals surface area (Å²) in [5, 5.41) is 23.1. The molecule has 1 aliphatic heterocycles. The lowest BCUT2D eigenvalue weighted by atomic mass is 9.94. The van der Waals surface area contributed by atoms with E-state index in [0.717, 1.165) is 6.42 Å². The number of ether oxygens (including phenoxy) is 2. The van der Waals surface area contributed by atoms with E-state index in [2.05, 4.69) is 26.2 Å². The molecule has 3 atom stereocenters. The second kappa shape index (κ2) is 12.6. The first-order valence-electron chi connectivity index (χ1n) is 13.2. The highest BCUT2D eigenvalue weighted by atomic mass is 35.5. The van der Waals surface area contributed by atoms with Gasteiger partial charge in [-0.05, 0) is 29.1 Å². The van der Waals surface area contributed by atoms with Crippen LogP contribution in [0.2, 0.25) is 5.28 Å². The fourth-order valence-corrected chi connectivity index (χ4v) is 5.11. The van der Waals surface area contributed by atoms with Crippen LogP contribution in [0, 0.1) is 18.3 Å². The maximum atomic E-state index is 12.2. The number of terminal acetylenes is 1. The molecular formula is C30H28ClN5O6. The Bertz CT molecular complexity index is 1590. The zero-order chi connectivity index (χ0) is 29.7. The van der Waals surface area contributed by atoms with Crippen molar-refractivity contribution in [1.82, 2.24) is 19.5 Å². The number of hydrogen-bond donors (Lipinski definition) is 3. The van der Waals surface area contributed by atoms with Gasteiger partial charge in [0.15, 0.2) is 17.0 Å². The monoisotopic (exact) mass is 589 g/mol. The third-order valence-corrected chi connectivity index (χ3v) is 7.35. The van der Waals surface area contributed by atoms with Crippen molar-refractivity contribution in [3.63, 3.8) is 0 Å². The largest absolute Gasteiger partial charge is 0.479 e. The molecule has 0 amide bonds. The van der Waals surface area contributed by atoms with Crippen molar-refractivity contribution in [1.29, 1.82) is 0 Å². The number of anilines is 1. The molecule has 3 unspecified atom stereocenters. The summed E-state index contributed by atoms with van der Waals surface area (Å²) in [5.41, 5.74) is 0.0554. The number of imidazole rings is 1. The smallest absolute Gasteiger partial charge is 0.348 e. The summed E-state index contributed by atoms with van der Waals surface area (Å²) in [6.07, 6.45) is 6.64. The molecule has 3 N–H and O–H groups in total. The van der Waals surface area contributed by atoms with Gasteiger partial charge >= 0.3 is 11.9 Å². The Morgan fingerprint density at radius 2 is 1.76 bits per heavy atom. The minimum atomic E-state index is -2.52. The Labute approximate surface area is 246 Å². The van der Waals surface area contributed by atoms with Gasteiger partial charge in [-0.15, -0.1) is 12.3 Å². The molecule has 3 heterocycles. The summed E-state index contributed by atoms with van der Waals surface area (Å²) in [6.45, 7) is 0.237. The van der Waals surface area contributed by atoms with E-state index < -0.39 is 35.8 Å². The summed E-state index contributed by atoms with van der Waals surface area (Å²) < 4.78 is 13.5. The highest BCUT2D eigenvalue weighted by Gasteiger charge is 2.50. The number of aromatic nitrogens is 4. The molecule has 2 aromatic carbocycles. The fraction of sp³-hybridized carbons (Fsp3) is 0.300. The van der Waals surface area contributed by atoms with Crippen molar-refractivity contribution in [2.24, 2.45) is 5.92 Å². The number of nitrogens with zero attached hydrogens (tertiary/aromatic N) is 4. The molecule has 0 aliphatic carbocycles. The van der Waals surface area contributed by atoms with E-state index in [1.807, 2.05) is 30.3 Å². The zero-order valence-electron chi connectivity index (χ0n) is 22.4. The minimum Gasteiger partial charge on any atom is -0.479 e. The van der Waals surface area contributed by atoms with E-state index in [-0.39, 0.29) is 18.3 Å². The molecule has 0 bridgehead atoms. The number of fused-ring (bicyclic) bond motifs is 1. The number of rotatable bonds is 12. The topological polar surface area (TPSA) is 149 Å². The van der Waals surface area contributed by atoms with Gasteiger partial charge in [0.25, 0.3) is 5.60 Å². The van der Waals surface area contributed by atoms with Crippen LogP contribution in [0.4, 0.5) is 5.82 Å². The van der Waals surface area contributed by atoms with Crippen molar-refractivity contribution in [2.45, 2.75) is 37.2 Å². The summed E-state index contributed by atoms with van der Waals surface area (Å²) in [4.78, 5) is 37.6. The molecule has 0 spiro atoms. The lowest BCUT2D eigenvalue weighted by Crippen LogP contribution is -2.52. The number of halogens is 1. The normalized spacial score (nSPS) is 18.5. The van der Waals surface area contributed by atoms with Gasteiger partial charge in [0.1, 0.15) is 6.23 Å². The van der Waals surface area contributed by atoms with E-state index in [1.54, 1.807) is 41.2 Å². The van der Waals surface area contributed by atoms with Crippen LogP contribution in [-0.4, -0.2) is 66.5 Å². The Hall–Kier alpha value is -4.50. The predicted octanol–water partition coefficient (Wildman–Crippen LogP) is 3.84. The van der Waals surface area contributed by atoms with Gasteiger partial charge in [0, 0.05) is 19.4 Å². The lowest BCUT2D eigenvalue weighted by Gasteiger charge is -2.27. The number of aliphatic carboxylic acids is 2. The molecule has 11 nitrogen and oxygen atoms in total. The summed E-state index contributed by atoms with van der Waals surface area (Å²) in [6, 6.07) is 18.4. The van der Waals surface area contributed by atoms with Crippen LogP contribution in [0.3, 0.4) is 0 Å². The predicted molar refractivity (Wildman–Crippen MR) is 154 cm³/mol. The van der Waals surface area contributed by atoms with E-state index in [1.165, 1.54) is 5.56 Å². The van der Waals surface area contributed by atoms with Crippen LogP contribution in [0.5, 0.6) is 0 Å². The van der Waals surface area contributed by atoms with Crippen molar-refractivity contribution < 1.29 is 29.3 Å². The molecule has 2 aromatic heterocycles. The first-order valence-corrected chi connectivity index (χ1v) is 13.6. The van der Waals surface area contributed by atoms with Gasteiger partial charge in [-0.1, -0.05) is 60.7 Å². The number of nitrogens with one attached hydrogen (secondary N) is 1. The summed E-state index contributed by atoms with van der Waals surface area (Å²) >= 11 is 6.26.